The molecule has 1 rings (SSSR count). The quantitative estimate of drug-likeness (QED) is 0.746. The van der Waals surface area contributed by atoms with Crippen molar-refractivity contribution in [2.24, 2.45) is 5.92 Å². The Bertz CT molecular complexity index is 392. The van der Waals surface area contributed by atoms with Gasteiger partial charge in [0.25, 0.3) is 0 Å². The van der Waals surface area contributed by atoms with Gasteiger partial charge in [-0.3, -0.25) is 4.90 Å². The third kappa shape index (κ3) is 4.23. The number of hydrogen-bond donors (Lipinski definition) is 0. The molecule has 0 saturated carbocycles. The van der Waals surface area contributed by atoms with Crippen molar-refractivity contribution < 1.29 is 8.42 Å². The van der Waals surface area contributed by atoms with Gasteiger partial charge in [-0.1, -0.05) is 13.8 Å². The molecule has 1 heterocycles. The molecule has 0 bridgehead atoms. The Kier molecular flexibility index (Phi) is 5.57. The molecule has 0 spiro atoms. The van der Waals surface area contributed by atoms with Crippen LogP contribution in [-0.2, 0) is 10.0 Å². The lowest BCUT2D eigenvalue weighted by Gasteiger charge is -2.35. The first kappa shape index (κ1) is 15.4. The highest BCUT2D eigenvalue weighted by Gasteiger charge is 2.28. The van der Waals surface area contributed by atoms with E-state index in [0.29, 0.717) is 38.5 Å². The van der Waals surface area contributed by atoms with Crippen LogP contribution >= 0.6 is 0 Å². The largest absolute Gasteiger partial charge is 0.286 e. The van der Waals surface area contributed by atoms with E-state index in [1.807, 2.05) is 25.7 Å². The normalized spacial score (nSPS) is 20.8. The second-order valence-corrected chi connectivity index (χ2v) is 7.33. The topological polar surface area (TPSA) is 64.4 Å². The maximum atomic E-state index is 12.1. The van der Waals surface area contributed by atoms with E-state index in [0.717, 1.165) is 0 Å². The zero-order chi connectivity index (χ0) is 13.8. The number of nitrogens with zero attached hydrogens (tertiary/aromatic N) is 3. The molecule has 1 atom stereocenters. The molecule has 1 unspecified atom stereocenters. The average Bonchev–Trinajstić information content (AvgIpc) is 2.36. The van der Waals surface area contributed by atoms with Crippen LogP contribution < -0.4 is 0 Å². The molecule has 0 N–H and O–H groups in total. The highest BCUT2D eigenvalue weighted by Crippen LogP contribution is 2.12. The molecule has 1 fully saturated rings. The summed E-state index contributed by atoms with van der Waals surface area (Å²) in [6.07, 6.45) is 0.706. The Labute approximate surface area is 110 Å². The van der Waals surface area contributed by atoms with Crippen LogP contribution in [0.2, 0.25) is 0 Å². The molecular weight excluding hydrogens is 250 g/mol. The Morgan fingerprint density at radius 3 is 2.17 bits per heavy atom. The number of nitriles is 1. The van der Waals surface area contributed by atoms with E-state index >= 15 is 0 Å². The Balaban J connectivity index is 2.50. The van der Waals surface area contributed by atoms with Crippen LogP contribution in [0.3, 0.4) is 0 Å². The van der Waals surface area contributed by atoms with E-state index in [9.17, 15) is 8.42 Å². The van der Waals surface area contributed by atoms with Gasteiger partial charge in [-0.2, -0.15) is 9.57 Å². The van der Waals surface area contributed by atoms with Crippen molar-refractivity contribution in [2.45, 2.75) is 33.2 Å². The molecule has 0 amide bonds. The van der Waals surface area contributed by atoms with Crippen LogP contribution in [0.5, 0.6) is 0 Å². The van der Waals surface area contributed by atoms with E-state index in [1.165, 1.54) is 0 Å². The minimum absolute atomic E-state index is 0.134. The first-order valence-corrected chi connectivity index (χ1v) is 8.09. The summed E-state index contributed by atoms with van der Waals surface area (Å²) < 4.78 is 25.7. The number of rotatable bonds is 5. The lowest BCUT2D eigenvalue weighted by Crippen LogP contribution is -2.51. The summed E-state index contributed by atoms with van der Waals surface area (Å²) in [5.41, 5.74) is 0. The van der Waals surface area contributed by atoms with Gasteiger partial charge in [0.15, 0.2) is 0 Å². The van der Waals surface area contributed by atoms with Gasteiger partial charge in [-0.25, -0.2) is 8.42 Å². The Morgan fingerprint density at radius 2 is 1.72 bits per heavy atom. The minimum atomic E-state index is -3.11. The summed E-state index contributed by atoms with van der Waals surface area (Å²) in [5.74, 6) is 0.637. The Hall–Kier alpha value is -0.640. The summed E-state index contributed by atoms with van der Waals surface area (Å²) in [4.78, 5) is 2.02. The molecule has 1 aliphatic rings. The highest BCUT2D eigenvalue weighted by molar-refractivity contribution is 7.89. The first-order chi connectivity index (χ1) is 8.36. The van der Waals surface area contributed by atoms with Gasteiger partial charge < -0.3 is 0 Å². The SMILES string of the molecule is CC(C)CCS(=O)(=O)N1CCN(C(C)C#N)CC1. The van der Waals surface area contributed by atoms with Gasteiger partial charge in [0.05, 0.1) is 17.9 Å². The summed E-state index contributed by atoms with van der Waals surface area (Å²) in [6.45, 7) is 8.22. The van der Waals surface area contributed by atoms with Crippen LogP contribution in [0.1, 0.15) is 27.2 Å². The maximum Gasteiger partial charge on any atom is 0.214 e. The molecule has 104 valence electrons. The predicted molar refractivity (Wildman–Crippen MR) is 71.5 cm³/mol. The average molecular weight is 273 g/mol. The van der Waals surface area contributed by atoms with Gasteiger partial charge >= 0.3 is 0 Å². The fourth-order valence-electron chi connectivity index (χ4n) is 1.96. The fourth-order valence-corrected chi connectivity index (χ4v) is 3.71. The molecule has 0 aliphatic carbocycles. The molecule has 1 saturated heterocycles. The highest BCUT2D eigenvalue weighted by atomic mass is 32.2. The minimum Gasteiger partial charge on any atom is -0.286 e. The van der Waals surface area contributed by atoms with Gasteiger partial charge in [0.2, 0.25) is 10.0 Å². The molecule has 0 aromatic rings. The summed E-state index contributed by atoms with van der Waals surface area (Å²) in [5, 5.41) is 8.83. The van der Waals surface area contributed by atoms with Crippen molar-refractivity contribution in [3.63, 3.8) is 0 Å². The van der Waals surface area contributed by atoms with E-state index in [4.69, 9.17) is 5.26 Å². The molecule has 5 nitrogen and oxygen atoms in total. The molecular formula is C12H23N3O2S. The van der Waals surface area contributed by atoms with Crippen LogP contribution in [0.4, 0.5) is 0 Å². The van der Waals surface area contributed by atoms with Crippen molar-refractivity contribution in [2.75, 3.05) is 31.9 Å². The molecule has 18 heavy (non-hydrogen) atoms. The van der Waals surface area contributed by atoms with Gasteiger partial charge in [-0.05, 0) is 19.3 Å². The molecule has 0 aromatic heterocycles. The van der Waals surface area contributed by atoms with E-state index in [1.54, 1.807) is 4.31 Å². The van der Waals surface area contributed by atoms with Gasteiger partial charge in [0, 0.05) is 26.2 Å². The summed E-state index contributed by atoms with van der Waals surface area (Å²) >= 11 is 0. The van der Waals surface area contributed by atoms with Crippen molar-refractivity contribution in [1.29, 1.82) is 5.26 Å². The van der Waals surface area contributed by atoms with Crippen LogP contribution in [0.25, 0.3) is 0 Å². The maximum absolute atomic E-state index is 12.1. The summed E-state index contributed by atoms with van der Waals surface area (Å²) in [6, 6.07) is 2.05. The molecule has 0 radical (unpaired) electrons. The van der Waals surface area contributed by atoms with Crippen molar-refractivity contribution in [1.82, 2.24) is 9.21 Å². The fraction of sp³-hybridized carbons (Fsp3) is 0.917. The zero-order valence-electron chi connectivity index (χ0n) is 11.5. The van der Waals surface area contributed by atoms with Crippen LogP contribution in [0, 0.1) is 17.2 Å². The molecule has 1 aliphatic heterocycles. The van der Waals surface area contributed by atoms with E-state index in [-0.39, 0.29) is 11.8 Å². The number of piperazine rings is 1. The van der Waals surface area contributed by atoms with E-state index < -0.39 is 10.0 Å². The Morgan fingerprint density at radius 1 is 1.17 bits per heavy atom. The second-order valence-electron chi connectivity index (χ2n) is 5.24. The van der Waals surface area contributed by atoms with Gasteiger partial charge in [-0.15, -0.1) is 0 Å². The number of sulfonamides is 1. The lowest BCUT2D eigenvalue weighted by molar-refractivity contribution is 0.169. The monoisotopic (exact) mass is 273 g/mol. The number of hydrogen-bond acceptors (Lipinski definition) is 4. The third-order valence-electron chi connectivity index (χ3n) is 3.35. The molecule has 0 aromatic carbocycles. The first-order valence-electron chi connectivity index (χ1n) is 6.48. The second kappa shape index (κ2) is 6.50. The zero-order valence-corrected chi connectivity index (χ0v) is 12.3. The van der Waals surface area contributed by atoms with E-state index in [2.05, 4.69) is 6.07 Å². The van der Waals surface area contributed by atoms with Crippen molar-refractivity contribution in [3.05, 3.63) is 0 Å². The van der Waals surface area contributed by atoms with Crippen molar-refractivity contribution >= 4 is 10.0 Å². The third-order valence-corrected chi connectivity index (χ3v) is 5.26. The standard InChI is InChI=1S/C12H23N3O2S/c1-11(2)4-9-18(16,17)15-7-5-14(6-8-15)12(3)10-13/h11-12H,4-9H2,1-3H3. The van der Waals surface area contributed by atoms with Crippen LogP contribution in [-0.4, -0.2) is 55.6 Å². The predicted octanol–water partition coefficient (Wildman–Crippen LogP) is 0.892. The van der Waals surface area contributed by atoms with Gasteiger partial charge in [0.1, 0.15) is 0 Å². The smallest absolute Gasteiger partial charge is 0.214 e. The lowest BCUT2D eigenvalue weighted by atomic mass is 10.2. The molecule has 6 heteroatoms. The summed E-state index contributed by atoms with van der Waals surface area (Å²) in [7, 11) is -3.11. The van der Waals surface area contributed by atoms with Crippen LogP contribution in [0.15, 0.2) is 0 Å². The van der Waals surface area contributed by atoms with Crippen molar-refractivity contribution in [3.8, 4) is 6.07 Å².